The number of nitrogens with zero attached hydrogens (tertiary/aromatic N) is 1. The van der Waals surface area contributed by atoms with Crippen molar-refractivity contribution in [3.05, 3.63) is 62.9 Å². The first-order chi connectivity index (χ1) is 13.4. The summed E-state index contributed by atoms with van der Waals surface area (Å²) in [5, 5.41) is 5.51. The van der Waals surface area contributed by atoms with Crippen LogP contribution in [0.25, 0.3) is 11.3 Å². The highest BCUT2D eigenvalue weighted by Crippen LogP contribution is 2.29. The van der Waals surface area contributed by atoms with Gasteiger partial charge in [-0.1, -0.05) is 22.0 Å². The Morgan fingerprint density at radius 3 is 2.57 bits per heavy atom. The van der Waals surface area contributed by atoms with E-state index in [1.54, 1.807) is 0 Å². The molecule has 0 aliphatic rings. The van der Waals surface area contributed by atoms with E-state index in [1.165, 1.54) is 28.0 Å². The highest BCUT2D eigenvalue weighted by molar-refractivity contribution is 9.10. The van der Waals surface area contributed by atoms with Crippen LogP contribution >= 0.6 is 27.3 Å². The van der Waals surface area contributed by atoms with Gasteiger partial charge in [0.15, 0.2) is 5.13 Å². The predicted molar refractivity (Wildman–Crippen MR) is 119 cm³/mol. The van der Waals surface area contributed by atoms with Gasteiger partial charge in [0.05, 0.1) is 12.3 Å². The molecular formula is C22H23BrN2O2S. The van der Waals surface area contributed by atoms with Gasteiger partial charge in [-0.15, -0.1) is 11.3 Å². The van der Waals surface area contributed by atoms with Gasteiger partial charge in [0.2, 0.25) is 5.91 Å². The number of thiazole rings is 1. The van der Waals surface area contributed by atoms with Crippen molar-refractivity contribution in [2.45, 2.75) is 33.6 Å². The number of amides is 1. The summed E-state index contributed by atoms with van der Waals surface area (Å²) < 4.78 is 6.66. The zero-order valence-electron chi connectivity index (χ0n) is 16.2. The van der Waals surface area contributed by atoms with Crippen molar-refractivity contribution in [1.82, 2.24) is 4.98 Å². The van der Waals surface area contributed by atoms with Crippen molar-refractivity contribution < 1.29 is 9.53 Å². The van der Waals surface area contributed by atoms with Crippen molar-refractivity contribution in [2.75, 3.05) is 11.9 Å². The van der Waals surface area contributed by atoms with Gasteiger partial charge in [-0.3, -0.25) is 4.79 Å². The molecule has 1 heterocycles. The predicted octanol–water partition coefficient (Wildman–Crippen LogP) is 6.30. The van der Waals surface area contributed by atoms with Gasteiger partial charge in [-0.2, -0.15) is 0 Å². The fourth-order valence-electron chi connectivity index (χ4n) is 2.83. The Labute approximate surface area is 178 Å². The van der Waals surface area contributed by atoms with E-state index in [9.17, 15) is 4.79 Å². The van der Waals surface area contributed by atoms with E-state index in [4.69, 9.17) is 4.74 Å². The second-order valence-electron chi connectivity index (χ2n) is 6.74. The molecule has 2 aromatic carbocycles. The average molecular weight is 459 g/mol. The molecular weight excluding hydrogens is 436 g/mol. The molecule has 0 atom stereocenters. The molecule has 3 rings (SSSR count). The van der Waals surface area contributed by atoms with Gasteiger partial charge in [0, 0.05) is 21.8 Å². The van der Waals surface area contributed by atoms with Gasteiger partial charge >= 0.3 is 0 Å². The maximum atomic E-state index is 12.2. The third-order valence-electron chi connectivity index (χ3n) is 4.50. The van der Waals surface area contributed by atoms with Crippen LogP contribution in [0, 0.1) is 20.8 Å². The molecule has 0 aliphatic carbocycles. The molecule has 3 aromatic rings. The van der Waals surface area contributed by atoms with Crippen molar-refractivity contribution in [3.8, 4) is 17.0 Å². The number of anilines is 1. The number of aromatic nitrogens is 1. The van der Waals surface area contributed by atoms with Crippen LogP contribution < -0.4 is 10.1 Å². The highest BCUT2D eigenvalue weighted by Gasteiger charge is 2.11. The number of hydrogen-bond donors (Lipinski definition) is 1. The molecule has 0 saturated heterocycles. The Hall–Kier alpha value is -2.18. The molecule has 0 aliphatic heterocycles. The number of rotatable bonds is 7. The quantitative estimate of drug-likeness (QED) is 0.422. The molecule has 4 nitrogen and oxygen atoms in total. The van der Waals surface area contributed by atoms with Crippen molar-refractivity contribution in [1.29, 1.82) is 0 Å². The molecule has 0 fully saturated rings. The van der Waals surface area contributed by atoms with Crippen LogP contribution in [0.2, 0.25) is 0 Å². The topological polar surface area (TPSA) is 51.2 Å². The van der Waals surface area contributed by atoms with E-state index in [-0.39, 0.29) is 5.91 Å². The molecule has 0 radical (unpaired) electrons. The third kappa shape index (κ3) is 5.42. The van der Waals surface area contributed by atoms with Gasteiger partial charge < -0.3 is 10.1 Å². The van der Waals surface area contributed by atoms with E-state index in [0.717, 1.165) is 21.5 Å². The van der Waals surface area contributed by atoms with Crippen molar-refractivity contribution in [3.63, 3.8) is 0 Å². The monoisotopic (exact) mass is 458 g/mol. The van der Waals surface area contributed by atoms with E-state index in [1.807, 2.05) is 29.6 Å². The summed E-state index contributed by atoms with van der Waals surface area (Å²) in [6, 6.07) is 12.0. The average Bonchev–Trinajstić information content (AvgIpc) is 3.11. The van der Waals surface area contributed by atoms with Gasteiger partial charge in [-0.05, 0) is 74.2 Å². The number of halogens is 1. The Morgan fingerprint density at radius 2 is 1.82 bits per heavy atom. The van der Waals surface area contributed by atoms with E-state index >= 15 is 0 Å². The zero-order chi connectivity index (χ0) is 20.1. The maximum Gasteiger partial charge on any atom is 0.226 e. The molecule has 6 heteroatoms. The van der Waals surface area contributed by atoms with Gasteiger partial charge in [-0.25, -0.2) is 4.98 Å². The van der Waals surface area contributed by atoms with Gasteiger partial charge in [0.25, 0.3) is 0 Å². The Balaban J connectivity index is 1.50. The second kappa shape index (κ2) is 9.34. The fourth-order valence-corrected chi connectivity index (χ4v) is 3.82. The van der Waals surface area contributed by atoms with Crippen LogP contribution in [0.4, 0.5) is 5.13 Å². The molecule has 1 N–H and O–H groups in total. The molecule has 1 amide bonds. The van der Waals surface area contributed by atoms with Crippen LogP contribution in [0.3, 0.4) is 0 Å². The number of hydrogen-bond acceptors (Lipinski definition) is 4. The Kier molecular flexibility index (Phi) is 6.86. The smallest absolute Gasteiger partial charge is 0.226 e. The molecule has 0 spiro atoms. The summed E-state index contributed by atoms with van der Waals surface area (Å²) >= 11 is 4.84. The third-order valence-corrected chi connectivity index (χ3v) is 5.78. The van der Waals surface area contributed by atoms with Crippen LogP contribution in [-0.2, 0) is 4.79 Å². The molecule has 0 bridgehead atoms. The number of carbonyl (C=O) groups excluding carboxylic acids is 1. The first-order valence-corrected chi connectivity index (χ1v) is 10.8. The fraction of sp³-hybridized carbons (Fsp3) is 0.273. The lowest BCUT2D eigenvalue weighted by Crippen LogP contribution is -2.12. The number of benzene rings is 2. The lowest BCUT2D eigenvalue weighted by atomic mass is 9.99. The number of aryl methyl sites for hydroxylation is 3. The highest BCUT2D eigenvalue weighted by atomic mass is 79.9. The summed E-state index contributed by atoms with van der Waals surface area (Å²) in [6.45, 7) is 6.80. The van der Waals surface area contributed by atoms with E-state index in [2.05, 4.69) is 59.1 Å². The summed E-state index contributed by atoms with van der Waals surface area (Å²) in [7, 11) is 0. The first kappa shape index (κ1) is 20.6. The summed E-state index contributed by atoms with van der Waals surface area (Å²) in [4.78, 5) is 16.8. The minimum Gasteiger partial charge on any atom is -0.494 e. The summed E-state index contributed by atoms with van der Waals surface area (Å²) in [5.41, 5.74) is 5.72. The summed E-state index contributed by atoms with van der Waals surface area (Å²) in [6.07, 6.45) is 1.05. The normalized spacial score (nSPS) is 10.7. The minimum atomic E-state index is -0.0443. The number of nitrogens with one attached hydrogen (secondary N) is 1. The van der Waals surface area contributed by atoms with E-state index in [0.29, 0.717) is 24.6 Å². The van der Waals surface area contributed by atoms with Crippen LogP contribution in [0.5, 0.6) is 5.75 Å². The minimum absolute atomic E-state index is 0.0443. The van der Waals surface area contributed by atoms with Crippen molar-refractivity contribution in [2.24, 2.45) is 0 Å². The molecule has 0 unspecified atom stereocenters. The van der Waals surface area contributed by atoms with E-state index < -0.39 is 0 Å². The SMILES string of the molecule is Cc1cc(C)c(-c2csc(NC(=O)CCCOc3ccc(Br)cc3)n2)cc1C. The largest absolute Gasteiger partial charge is 0.494 e. The summed E-state index contributed by atoms with van der Waals surface area (Å²) in [5.74, 6) is 0.758. The molecule has 1 aromatic heterocycles. The zero-order valence-corrected chi connectivity index (χ0v) is 18.6. The van der Waals surface area contributed by atoms with Gasteiger partial charge in [0.1, 0.15) is 5.75 Å². The number of ether oxygens (including phenoxy) is 1. The standard InChI is InChI=1S/C22H23BrN2O2S/c1-14-11-16(3)19(12-15(14)2)20-13-28-22(24-20)25-21(26)5-4-10-27-18-8-6-17(23)7-9-18/h6-9,11-13H,4-5,10H2,1-3H3,(H,24,25,26). The molecule has 28 heavy (non-hydrogen) atoms. The van der Waals surface area contributed by atoms with Crippen LogP contribution in [0.15, 0.2) is 46.3 Å². The lowest BCUT2D eigenvalue weighted by Gasteiger charge is -2.07. The lowest BCUT2D eigenvalue weighted by molar-refractivity contribution is -0.116. The number of carbonyl (C=O) groups is 1. The first-order valence-electron chi connectivity index (χ1n) is 9.14. The van der Waals surface area contributed by atoms with Crippen LogP contribution in [0.1, 0.15) is 29.5 Å². The maximum absolute atomic E-state index is 12.2. The Bertz CT molecular complexity index is 967. The van der Waals surface area contributed by atoms with Crippen molar-refractivity contribution >= 4 is 38.3 Å². The molecule has 146 valence electrons. The van der Waals surface area contributed by atoms with Crippen LogP contribution in [-0.4, -0.2) is 17.5 Å². The second-order valence-corrected chi connectivity index (χ2v) is 8.52. The molecule has 0 saturated carbocycles. The Morgan fingerprint density at radius 1 is 1.11 bits per heavy atom.